The molecule has 3 aliphatic heterocycles. The molecular formula is C20H30ClN3O3S. The molecule has 6 nitrogen and oxygen atoms in total. The maximum absolute atomic E-state index is 12.8. The number of aryl methyl sites for hydroxylation is 1. The van der Waals surface area contributed by atoms with E-state index in [1.807, 2.05) is 19.1 Å². The van der Waals surface area contributed by atoms with E-state index in [-0.39, 0.29) is 30.3 Å². The van der Waals surface area contributed by atoms with Crippen LogP contribution in [0.4, 0.5) is 0 Å². The van der Waals surface area contributed by atoms with E-state index in [4.69, 9.17) is 0 Å². The van der Waals surface area contributed by atoms with Crippen LogP contribution >= 0.6 is 12.4 Å². The number of benzene rings is 1. The van der Waals surface area contributed by atoms with Gasteiger partial charge in [0.25, 0.3) is 0 Å². The van der Waals surface area contributed by atoms with Crippen molar-refractivity contribution < 1.29 is 13.2 Å². The molecule has 3 heterocycles. The SMILES string of the molecule is Cc1ccc(S(=O)(=O)N2CCC(C(=O)NC3CC4CCC(C3)N4)CC2)cc1.Cl. The maximum Gasteiger partial charge on any atom is 0.243 e. The molecule has 0 radical (unpaired) electrons. The molecule has 1 aromatic carbocycles. The van der Waals surface area contributed by atoms with Gasteiger partial charge in [0.05, 0.1) is 4.90 Å². The fraction of sp³-hybridized carbons (Fsp3) is 0.650. The van der Waals surface area contributed by atoms with E-state index in [0.29, 0.717) is 42.9 Å². The average Bonchev–Trinajstić information content (AvgIpc) is 3.00. The Balaban J connectivity index is 0.00000225. The molecule has 28 heavy (non-hydrogen) atoms. The van der Waals surface area contributed by atoms with Crippen molar-refractivity contribution in [3.63, 3.8) is 0 Å². The van der Waals surface area contributed by atoms with Gasteiger partial charge in [0, 0.05) is 37.1 Å². The van der Waals surface area contributed by atoms with Gasteiger partial charge in [-0.3, -0.25) is 4.79 Å². The van der Waals surface area contributed by atoms with E-state index in [9.17, 15) is 13.2 Å². The number of nitrogens with one attached hydrogen (secondary N) is 2. The van der Waals surface area contributed by atoms with Gasteiger partial charge in [0.1, 0.15) is 0 Å². The van der Waals surface area contributed by atoms with Gasteiger partial charge in [-0.1, -0.05) is 17.7 Å². The first-order valence-electron chi connectivity index (χ1n) is 10.0. The number of halogens is 1. The molecule has 0 saturated carbocycles. The fourth-order valence-electron chi connectivity index (χ4n) is 4.71. The largest absolute Gasteiger partial charge is 0.353 e. The van der Waals surface area contributed by atoms with E-state index in [1.54, 1.807) is 12.1 Å². The van der Waals surface area contributed by atoms with Crippen LogP contribution in [-0.2, 0) is 14.8 Å². The van der Waals surface area contributed by atoms with Gasteiger partial charge >= 0.3 is 0 Å². The Morgan fingerprint density at radius 3 is 2.18 bits per heavy atom. The number of hydrogen-bond donors (Lipinski definition) is 2. The molecule has 2 atom stereocenters. The first-order valence-corrected chi connectivity index (χ1v) is 11.5. The van der Waals surface area contributed by atoms with Crippen LogP contribution in [0.2, 0.25) is 0 Å². The predicted molar refractivity (Wildman–Crippen MR) is 111 cm³/mol. The first-order chi connectivity index (χ1) is 12.9. The van der Waals surface area contributed by atoms with Crippen molar-refractivity contribution in [3.8, 4) is 0 Å². The molecule has 3 saturated heterocycles. The summed E-state index contributed by atoms with van der Waals surface area (Å²) in [5.74, 6) is 0.0238. The average molecular weight is 428 g/mol. The molecule has 3 fully saturated rings. The number of nitrogens with zero attached hydrogens (tertiary/aromatic N) is 1. The van der Waals surface area contributed by atoms with Gasteiger partial charge in [0.15, 0.2) is 0 Å². The lowest BCUT2D eigenvalue weighted by molar-refractivity contribution is -0.127. The lowest BCUT2D eigenvalue weighted by atomic mass is 9.94. The number of hydrogen-bond acceptors (Lipinski definition) is 4. The molecule has 3 aliphatic rings. The summed E-state index contributed by atoms with van der Waals surface area (Å²) in [6.07, 6.45) is 5.65. The smallest absolute Gasteiger partial charge is 0.243 e. The van der Waals surface area contributed by atoms with Crippen LogP contribution in [0.1, 0.15) is 44.1 Å². The highest BCUT2D eigenvalue weighted by molar-refractivity contribution is 7.89. The minimum absolute atomic E-state index is 0. The lowest BCUT2D eigenvalue weighted by Gasteiger charge is -2.33. The summed E-state index contributed by atoms with van der Waals surface area (Å²) in [7, 11) is -3.47. The summed E-state index contributed by atoms with van der Waals surface area (Å²) in [5.41, 5.74) is 1.04. The highest BCUT2D eigenvalue weighted by Gasteiger charge is 2.36. The minimum Gasteiger partial charge on any atom is -0.353 e. The van der Waals surface area contributed by atoms with Crippen LogP contribution in [0.15, 0.2) is 29.2 Å². The molecule has 1 amide bonds. The van der Waals surface area contributed by atoms with Crippen molar-refractivity contribution in [1.82, 2.24) is 14.9 Å². The summed E-state index contributed by atoms with van der Waals surface area (Å²) in [6, 6.07) is 8.33. The van der Waals surface area contributed by atoms with Crippen molar-refractivity contribution in [2.45, 2.75) is 68.5 Å². The van der Waals surface area contributed by atoms with Crippen molar-refractivity contribution in [2.75, 3.05) is 13.1 Å². The Bertz CT molecular complexity index is 779. The monoisotopic (exact) mass is 427 g/mol. The zero-order valence-electron chi connectivity index (χ0n) is 16.3. The third kappa shape index (κ3) is 4.53. The van der Waals surface area contributed by atoms with Gasteiger partial charge in [-0.05, 0) is 57.6 Å². The number of sulfonamides is 1. The fourth-order valence-corrected chi connectivity index (χ4v) is 6.18. The second kappa shape index (κ2) is 8.69. The van der Waals surface area contributed by atoms with Crippen LogP contribution in [0.25, 0.3) is 0 Å². The van der Waals surface area contributed by atoms with Crippen LogP contribution < -0.4 is 10.6 Å². The number of carbonyl (C=O) groups excluding carboxylic acids is 1. The molecule has 0 aromatic heterocycles. The standard InChI is InChI=1S/C20H29N3O3S.ClH/c1-14-2-6-19(7-3-14)27(25,26)23-10-8-15(9-11-23)20(24)22-18-12-16-4-5-17(13-18)21-16;/h2-3,6-7,15-18,21H,4-5,8-13H2,1H3,(H,22,24);1H. The number of carbonyl (C=O) groups is 1. The highest BCUT2D eigenvalue weighted by atomic mass is 35.5. The van der Waals surface area contributed by atoms with Gasteiger partial charge in [-0.2, -0.15) is 4.31 Å². The lowest BCUT2D eigenvalue weighted by Crippen LogP contribution is -2.50. The van der Waals surface area contributed by atoms with E-state index in [2.05, 4.69) is 10.6 Å². The van der Waals surface area contributed by atoms with Gasteiger partial charge in [-0.25, -0.2) is 8.42 Å². The number of amides is 1. The van der Waals surface area contributed by atoms with Crippen LogP contribution in [0.3, 0.4) is 0 Å². The Hall–Kier alpha value is -1.15. The van der Waals surface area contributed by atoms with E-state index in [0.717, 1.165) is 18.4 Å². The summed E-state index contributed by atoms with van der Waals surface area (Å²) >= 11 is 0. The molecule has 8 heteroatoms. The van der Waals surface area contributed by atoms with E-state index < -0.39 is 10.0 Å². The van der Waals surface area contributed by atoms with Gasteiger partial charge < -0.3 is 10.6 Å². The Morgan fingerprint density at radius 1 is 1.04 bits per heavy atom. The zero-order chi connectivity index (χ0) is 19.0. The quantitative estimate of drug-likeness (QED) is 0.772. The summed E-state index contributed by atoms with van der Waals surface area (Å²) in [6.45, 7) is 2.76. The summed E-state index contributed by atoms with van der Waals surface area (Å²) in [5, 5.41) is 6.82. The van der Waals surface area contributed by atoms with Crippen molar-refractivity contribution in [2.24, 2.45) is 5.92 Å². The van der Waals surface area contributed by atoms with Crippen molar-refractivity contribution in [1.29, 1.82) is 0 Å². The number of piperidine rings is 2. The number of fused-ring (bicyclic) bond motifs is 2. The van der Waals surface area contributed by atoms with Crippen molar-refractivity contribution in [3.05, 3.63) is 29.8 Å². The van der Waals surface area contributed by atoms with E-state index in [1.165, 1.54) is 17.1 Å². The molecule has 4 rings (SSSR count). The van der Waals surface area contributed by atoms with Gasteiger partial charge in [0.2, 0.25) is 15.9 Å². The third-order valence-electron chi connectivity index (χ3n) is 6.30. The summed E-state index contributed by atoms with van der Waals surface area (Å²) in [4.78, 5) is 13.0. The van der Waals surface area contributed by atoms with Crippen LogP contribution in [0, 0.1) is 12.8 Å². The van der Waals surface area contributed by atoms with Crippen LogP contribution in [0.5, 0.6) is 0 Å². The number of rotatable bonds is 4. The molecule has 2 unspecified atom stereocenters. The van der Waals surface area contributed by atoms with Crippen LogP contribution in [-0.4, -0.2) is 49.8 Å². The Labute approximate surface area is 173 Å². The Kier molecular flexibility index (Phi) is 6.69. The third-order valence-corrected chi connectivity index (χ3v) is 8.22. The first kappa shape index (κ1) is 21.6. The minimum atomic E-state index is -3.47. The topological polar surface area (TPSA) is 78.5 Å². The normalized spacial score (nSPS) is 28.5. The zero-order valence-corrected chi connectivity index (χ0v) is 17.9. The second-order valence-electron chi connectivity index (χ2n) is 8.31. The highest BCUT2D eigenvalue weighted by Crippen LogP contribution is 2.28. The predicted octanol–water partition coefficient (Wildman–Crippen LogP) is 2.22. The molecule has 156 valence electrons. The van der Waals surface area contributed by atoms with Gasteiger partial charge in [-0.15, -0.1) is 12.4 Å². The Morgan fingerprint density at radius 2 is 1.61 bits per heavy atom. The van der Waals surface area contributed by atoms with Crippen molar-refractivity contribution >= 4 is 28.3 Å². The molecule has 1 aromatic rings. The molecule has 2 bridgehead atoms. The molecular weight excluding hydrogens is 398 g/mol. The second-order valence-corrected chi connectivity index (χ2v) is 10.2. The van der Waals surface area contributed by atoms with E-state index >= 15 is 0 Å². The molecule has 0 aliphatic carbocycles. The maximum atomic E-state index is 12.8. The molecule has 0 spiro atoms. The summed E-state index contributed by atoms with van der Waals surface area (Å²) < 4.78 is 27.1. The molecule has 2 N–H and O–H groups in total.